The van der Waals surface area contributed by atoms with Gasteiger partial charge in [0.25, 0.3) is 0 Å². The van der Waals surface area contributed by atoms with Crippen molar-refractivity contribution in [1.82, 2.24) is 29.7 Å². The molecular formula is C27H33N7OS. The zero-order valence-corrected chi connectivity index (χ0v) is 22.0. The zero-order chi connectivity index (χ0) is 25.3. The summed E-state index contributed by atoms with van der Waals surface area (Å²) in [4.78, 5) is 23.5. The first-order chi connectivity index (χ1) is 17.6. The third kappa shape index (κ3) is 6.72. The van der Waals surface area contributed by atoms with E-state index in [-0.39, 0.29) is 11.9 Å². The molecule has 0 radical (unpaired) electrons. The lowest BCUT2D eigenvalue weighted by Gasteiger charge is -2.34. The second-order valence-corrected chi connectivity index (χ2v) is 9.94. The normalized spacial score (nSPS) is 17.3. The fraction of sp³-hybridized carbons (Fsp3) is 0.444. The molecule has 0 spiro atoms. The number of allylic oxidation sites excluding steroid dienone is 1. The number of hydrogen-bond donors (Lipinski definition) is 0. The van der Waals surface area contributed by atoms with Crippen molar-refractivity contribution in [2.75, 3.05) is 45.9 Å². The van der Waals surface area contributed by atoms with Crippen LogP contribution in [0, 0.1) is 17.2 Å². The van der Waals surface area contributed by atoms with Crippen LogP contribution in [0.1, 0.15) is 37.4 Å². The molecule has 36 heavy (non-hydrogen) atoms. The fourth-order valence-electron chi connectivity index (χ4n) is 4.05. The summed E-state index contributed by atoms with van der Waals surface area (Å²) in [6.45, 7) is 13.5. The number of hydrogen-bond acceptors (Lipinski definition) is 9. The van der Waals surface area contributed by atoms with Gasteiger partial charge in [0.2, 0.25) is 0 Å². The standard InChI is InChI=1S/C27H33N7OS/c1-4-21(18-34-15-13-33(5-2)14-16-34)9-8-20(3)19-35-27-30-12-10-23(32-27)22(17-28)25-31-24-7-6-11-29-26(24)36-25/h4,6-12,20,22H,5,13-16,18-19H2,1-3H3. The molecule has 3 aromatic rings. The Morgan fingerprint density at radius 2 is 1.97 bits per heavy atom. The van der Waals surface area contributed by atoms with Gasteiger partial charge in [0, 0.05) is 51.0 Å². The van der Waals surface area contributed by atoms with Gasteiger partial charge in [-0.15, -0.1) is 0 Å². The molecule has 0 aliphatic carbocycles. The molecule has 4 heterocycles. The number of nitrogens with zero attached hydrogens (tertiary/aromatic N) is 7. The average Bonchev–Trinajstić information content (AvgIpc) is 3.34. The lowest BCUT2D eigenvalue weighted by atomic mass is 10.1. The van der Waals surface area contributed by atoms with Gasteiger partial charge < -0.3 is 9.64 Å². The van der Waals surface area contributed by atoms with Crippen molar-refractivity contribution in [1.29, 1.82) is 5.26 Å². The van der Waals surface area contributed by atoms with Crippen LogP contribution in [0.15, 0.2) is 54.4 Å². The van der Waals surface area contributed by atoms with Gasteiger partial charge in [0.15, 0.2) is 0 Å². The van der Waals surface area contributed by atoms with Crippen LogP contribution in [-0.2, 0) is 0 Å². The molecule has 0 amide bonds. The Morgan fingerprint density at radius 1 is 1.17 bits per heavy atom. The third-order valence-electron chi connectivity index (χ3n) is 6.31. The maximum atomic E-state index is 9.83. The van der Waals surface area contributed by atoms with Crippen molar-refractivity contribution < 1.29 is 4.74 Å². The van der Waals surface area contributed by atoms with Gasteiger partial charge in [-0.05, 0) is 37.2 Å². The molecule has 188 valence electrons. The highest BCUT2D eigenvalue weighted by Gasteiger charge is 2.21. The van der Waals surface area contributed by atoms with E-state index in [0.717, 1.165) is 49.6 Å². The maximum Gasteiger partial charge on any atom is 0.316 e. The molecule has 4 rings (SSSR count). The van der Waals surface area contributed by atoms with Gasteiger partial charge in [-0.1, -0.05) is 43.4 Å². The molecule has 1 saturated heterocycles. The van der Waals surface area contributed by atoms with Crippen molar-refractivity contribution in [3.63, 3.8) is 0 Å². The highest BCUT2D eigenvalue weighted by Crippen LogP contribution is 2.30. The summed E-state index contributed by atoms with van der Waals surface area (Å²) in [7, 11) is 0. The minimum Gasteiger partial charge on any atom is -0.463 e. The lowest BCUT2D eigenvalue weighted by Crippen LogP contribution is -2.46. The summed E-state index contributed by atoms with van der Waals surface area (Å²) in [5, 5.41) is 10.5. The number of nitriles is 1. The van der Waals surface area contributed by atoms with Crippen LogP contribution in [0.25, 0.3) is 10.3 Å². The van der Waals surface area contributed by atoms with E-state index in [0.29, 0.717) is 17.3 Å². The second kappa shape index (κ2) is 12.7. The van der Waals surface area contributed by atoms with E-state index in [9.17, 15) is 5.26 Å². The smallest absolute Gasteiger partial charge is 0.316 e. The monoisotopic (exact) mass is 503 g/mol. The molecule has 1 fully saturated rings. The van der Waals surface area contributed by atoms with Gasteiger partial charge in [-0.3, -0.25) is 4.90 Å². The Kier molecular flexibility index (Phi) is 9.11. The van der Waals surface area contributed by atoms with Crippen LogP contribution < -0.4 is 4.74 Å². The average molecular weight is 504 g/mol. The molecule has 0 saturated carbocycles. The Bertz CT molecular complexity index is 1210. The molecule has 0 aromatic carbocycles. The van der Waals surface area contributed by atoms with Gasteiger partial charge in [-0.25, -0.2) is 15.0 Å². The minimum absolute atomic E-state index is 0.186. The van der Waals surface area contributed by atoms with E-state index < -0.39 is 5.92 Å². The van der Waals surface area contributed by atoms with E-state index in [2.05, 4.69) is 74.8 Å². The number of ether oxygens (including phenoxy) is 1. The molecule has 1 aliphatic heterocycles. The number of likely N-dealkylation sites (N-methyl/N-ethyl adjacent to an activating group) is 1. The van der Waals surface area contributed by atoms with Crippen molar-refractivity contribution in [2.24, 2.45) is 5.92 Å². The number of pyridine rings is 1. The maximum absolute atomic E-state index is 9.83. The molecule has 3 aromatic heterocycles. The van der Waals surface area contributed by atoms with Crippen LogP contribution in [0.2, 0.25) is 0 Å². The second-order valence-electron chi connectivity index (χ2n) is 8.93. The molecule has 1 aliphatic rings. The van der Waals surface area contributed by atoms with Gasteiger partial charge in [0.05, 0.1) is 18.4 Å². The van der Waals surface area contributed by atoms with Crippen molar-refractivity contribution >= 4 is 21.7 Å². The van der Waals surface area contributed by atoms with Crippen molar-refractivity contribution in [2.45, 2.75) is 26.7 Å². The first-order valence-corrected chi connectivity index (χ1v) is 13.3. The quantitative estimate of drug-likeness (QED) is 0.379. The highest BCUT2D eigenvalue weighted by atomic mass is 32.1. The molecular weight excluding hydrogens is 470 g/mol. The topological polar surface area (TPSA) is 91.1 Å². The van der Waals surface area contributed by atoms with Gasteiger partial charge >= 0.3 is 6.01 Å². The van der Waals surface area contributed by atoms with Gasteiger partial charge in [-0.2, -0.15) is 10.2 Å². The van der Waals surface area contributed by atoms with Crippen LogP contribution >= 0.6 is 11.3 Å². The minimum atomic E-state index is -0.594. The molecule has 0 bridgehead atoms. The summed E-state index contributed by atoms with van der Waals surface area (Å²) in [6, 6.07) is 8.06. The molecule has 2 unspecified atom stereocenters. The lowest BCUT2D eigenvalue weighted by molar-refractivity contribution is 0.146. The summed E-state index contributed by atoms with van der Waals surface area (Å²) in [6.07, 6.45) is 9.91. The van der Waals surface area contributed by atoms with E-state index in [1.165, 1.54) is 16.9 Å². The Hall–Kier alpha value is -3.19. The zero-order valence-electron chi connectivity index (χ0n) is 21.2. The fourth-order valence-corrected chi connectivity index (χ4v) is 5.02. The van der Waals surface area contributed by atoms with Crippen LogP contribution in [0.5, 0.6) is 6.01 Å². The summed E-state index contributed by atoms with van der Waals surface area (Å²) < 4.78 is 5.89. The third-order valence-corrected chi connectivity index (χ3v) is 7.36. The van der Waals surface area contributed by atoms with Crippen molar-refractivity contribution in [3.8, 4) is 12.1 Å². The molecule has 0 N–H and O–H groups in total. The molecule has 2 atom stereocenters. The van der Waals surface area contributed by atoms with E-state index in [4.69, 9.17) is 4.74 Å². The SMILES string of the molecule is CC=C(C=CC(C)COc1nccc(C(C#N)c2nc3cccnc3s2)n1)CN1CCN(CC)CC1. The summed E-state index contributed by atoms with van der Waals surface area (Å²) in [5.74, 6) is -0.408. The predicted molar refractivity (Wildman–Crippen MR) is 143 cm³/mol. The molecule has 9 heteroatoms. The summed E-state index contributed by atoms with van der Waals surface area (Å²) in [5.41, 5.74) is 2.67. The van der Waals surface area contributed by atoms with Gasteiger partial charge in [0.1, 0.15) is 21.3 Å². The van der Waals surface area contributed by atoms with E-state index in [1.807, 2.05) is 12.1 Å². The number of piperazine rings is 1. The van der Waals surface area contributed by atoms with Crippen LogP contribution in [0.3, 0.4) is 0 Å². The van der Waals surface area contributed by atoms with Crippen molar-refractivity contribution in [3.05, 3.63) is 65.1 Å². The Morgan fingerprint density at radius 3 is 2.69 bits per heavy atom. The van der Waals surface area contributed by atoms with Crippen LogP contribution in [0.4, 0.5) is 0 Å². The largest absolute Gasteiger partial charge is 0.463 e. The van der Waals surface area contributed by atoms with E-state index in [1.54, 1.807) is 18.5 Å². The first kappa shape index (κ1) is 25.9. The number of aromatic nitrogens is 4. The number of thiazole rings is 1. The predicted octanol–water partition coefficient (Wildman–Crippen LogP) is 4.29. The number of rotatable bonds is 10. The Labute approximate surface area is 217 Å². The highest BCUT2D eigenvalue weighted by molar-refractivity contribution is 7.18. The summed E-state index contributed by atoms with van der Waals surface area (Å²) >= 11 is 1.41. The molecule has 8 nitrogen and oxygen atoms in total. The first-order valence-electron chi connectivity index (χ1n) is 12.4. The van der Waals surface area contributed by atoms with Crippen LogP contribution in [-0.4, -0.2) is 75.6 Å². The van der Waals surface area contributed by atoms with E-state index >= 15 is 0 Å². The number of fused-ring (bicyclic) bond motifs is 1. The Balaban J connectivity index is 1.32.